The Balaban J connectivity index is 3.19. The SMILES string of the molecule is CCS(=O)(=O)C(C(C)C)C(NC)c1ccccc1. The quantitative estimate of drug-likeness (QED) is 0.862. The van der Waals surface area contributed by atoms with Gasteiger partial charge in [-0.15, -0.1) is 0 Å². The fourth-order valence-electron chi connectivity index (χ4n) is 2.38. The van der Waals surface area contributed by atoms with Gasteiger partial charge < -0.3 is 5.32 Å². The molecule has 0 fully saturated rings. The van der Waals surface area contributed by atoms with Gasteiger partial charge in [0.15, 0.2) is 9.84 Å². The van der Waals surface area contributed by atoms with Crippen LogP contribution in [0.2, 0.25) is 0 Å². The van der Waals surface area contributed by atoms with E-state index in [0.29, 0.717) is 0 Å². The minimum Gasteiger partial charge on any atom is -0.312 e. The predicted molar refractivity (Wildman–Crippen MR) is 76.3 cm³/mol. The molecule has 0 aliphatic rings. The molecule has 18 heavy (non-hydrogen) atoms. The molecule has 0 saturated heterocycles. The highest BCUT2D eigenvalue weighted by Gasteiger charge is 2.34. The van der Waals surface area contributed by atoms with Crippen LogP contribution in [0.15, 0.2) is 30.3 Å². The molecule has 0 bridgehead atoms. The normalized spacial score (nSPS) is 15.6. The van der Waals surface area contributed by atoms with Gasteiger partial charge in [-0.1, -0.05) is 51.1 Å². The molecule has 0 saturated carbocycles. The highest BCUT2D eigenvalue weighted by Crippen LogP contribution is 2.28. The molecule has 102 valence electrons. The Labute approximate surface area is 111 Å². The third-order valence-electron chi connectivity index (χ3n) is 3.27. The van der Waals surface area contributed by atoms with E-state index in [1.165, 1.54) is 0 Å². The van der Waals surface area contributed by atoms with E-state index in [-0.39, 0.29) is 17.7 Å². The Morgan fingerprint density at radius 2 is 1.72 bits per heavy atom. The summed E-state index contributed by atoms with van der Waals surface area (Å²) in [5.41, 5.74) is 1.02. The van der Waals surface area contributed by atoms with E-state index in [0.717, 1.165) is 5.56 Å². The van der Waals surface area contributed by atoms with Crippen molar-refractivity contribution in [2.24, 2.45) is 5.92 Å². The smallest absolute Gasteiger partial charge is 0.155 e. The molecule has 2 unspecified atom stereocenters. The maximum atomic E-state index is 12.3. The molecule has 0 spiro atoms. The molecule has 3 nitrogen and oxygen atoms in total. The third kappa shape index (κ3) is 3.33. The Morgan fingerprint density at radius 3 is 2.11 bits per heavy atom. The lowest BCUT2D eigenvalue weighted by Gasteiger charge is -2.29. The fraction of sp³-hybridized carbons (Fsp3) is 0.571. The van der Waals surface area contributed by atoms with Gasteiger partial charge in [0, 0.05) is 11.8 Å². The van der Waals surface area contributed by atoms with Crippen LogP contribution in [0.3, 0.4) is 0 Å². The van der Waals surface area contributed by atoms with Crippen molar-refractivity contribution in [3.05, 3.63) is 35.9 Å². The molecule has 0 aliphatic heterocycles. The first kappa shape index (κ1) is 15.2. The van der Waals surface area contributed by atoms with Crippen molar-refractivity contribution in [2.75, 3.05) is 12.8 Å². The van der Waals surface area contributed by atoms with E-state index in [1.807, 2.05) is 51.2 Å². The second kappa shape index (κ2) is 6.34. The zero-order chi connectivity index (χ0) is 13.8. The van der Waals surface area contributed by atoms with Gasteiger partial charge >= 0.3 is 0 Å². The lowest BCUT2D eigenvalue weighted by atomic mass is 9.96. The maximum Gasteiger partial charge on any atom is 0.155 e. The summed E-state index contributed by atoms with van der Waals surface area (Å²) in [6.07, 6.45) is 0. The van der Waals surface area contributed by atoms with E-state index in [1.54, 1.807) is 6.92 Å². The van der Waals surface area contributed by atoms with Crippen LogP contribution in [0.1, 0.15) is 32.4 Å². The summed E-state index contributed by atoms with van der Waals surface area (Å²) in [5.74, 6) is 0.258. The van der Waals surface area contributed by atoms with E-state index < -0.39 is 15.1 Å². The van der Waals surface area contributed by atoms with Crippen molar-refractivity contribution >= 4 is 9.84 Å². The standard InChI is InChI=1S/C14H23NO2S/c1-5-18(16,17)14(11(2)3)13(15-4)12-9-7-6-8-10-12/h6-11,13-15H,5H2,1-4H3. The molecule has 0 heterocycles. The monoisotopic (exact) mass is 269 g/mol. The third-order valence-corrected chi connectivity index (χ3v) is 5.72. The van der Waals surface area contributed by atoms with Crippen LogP contribution in [0.5, 0.6) is 0 Å². The number of hydrogen-bond donors (Lipinski definition) is 1. The van der Waals surface area contributed by atoms with Crippen molar-refractivity contribution < 1.29 is 8.42 Å². The molecule has 0 radical (unpaired) electrons. The molecule has 0 aromatic heterocycles. The van der Waals surface area contributed by atoms with E-state index >= 15 is 0 Å². The van der Waals surface area contributed by atoms with Crippen molar-refractivity contribution in [3.63, 3.8) is 0 Å². The molecule has 4 heteroatoms. The van der Waals surface area contributed by atoms with E-state index in [4.69, 9.17) is 0 Å². The summed E-state index contributed by atoms with van der Waals surface area (Å²) in [6.45, 7) is 5.64. The summed E-state index contributed by atoms with van der Waals surface area (Å²) in [4.78, 5) is 0. The van der Waals surface area contributed by atoms with Gasteiger partial charge in [0.2, 0.25) is 0 Å². The zero-order valence-electron chi connectivity index (χ0n) is 11.6. The summed E-state index contributed by atoms with van der Waals surface area (Å²) in [7, 11) is -1.26. The number of nitrogens with one attached hydrogen (secondary N) is 1. The number of hydrogen-bond acceptors (Lipinski definition) is 3. The van der Waals surface area contributed by atoms with E-state index in [9.17, 15) is 8.42 Å². The molecular weight excluding hydrogens is 246 g/mol. The first-order valence-electron chi connectivity index (χ1n) is 6.37. The molecule has 1 aromatic rings. The van der Waals surface area contributed by atoms with Crippen molar-refractivity contribution in [1.29, 1.82) is 0 Å². The predicted octanol–water partition coefficient (Wildman–Crippen LogP) is 2.41. The zero-order valence-corrected chi connectivity index (χ0v) is 12.4. The molecule has 1 aromatic carbocycles. The Morgan fingerprint density at radius 1 is 1.17 bits per heavy atom. The first-order chi connectivity index (χ1) is 8.44. The van der Waals surface area contributed by atoms with Gasteiger partial charge in [-0.3, -0.25) is 0 Å². The topological polar surface area (TPSA) is 46.2 Å². The van der Waals surface area contributed by atoms with Crippen LogP contribution in [0, 0.1) is 5.92 Å². The van der Waals surface area contributed by atoms with Crippen molar-refractivity contribution in [3.8, 4) is 0 Å². The Hall–Kier alpha value is -0.870. The highest BCUT2D eigenvalue weighted by molar-refractivity contribution is 7.92. The minimum atomic E-state index is -3.08. The average molecular weight is 269 g/mol. The second-order valence-electron chi connectivity index (χ2n) is 4.84. The lowest BCUT2D eigenvalue weighted by Crippen LogP contribution is -2.40. The van der Waals surface area contributed by atoms with Gasteiger partial charge in [-0.2, -0.15) is 0 Å². The van der Waals surface area contributed by atoms with Crippen LogP contribution in [0.25, 0.3) is 0 Å². The molecule has 2 atom stereocenters. The lowest BCUT2D eigenvalue weighted by molar-refractivity contribution is 0.442. The maximum absolute atomic E-state index is 12.3. The van der Waals surface area contributed by atoms with Gasteiger partial charge in [0.25, 0.3) is 0 Å². The molecule has 1 rings (SSSR count). The number of sulfone groups is 1. The molecular formula is C14H23NO2S. The molecule has 0 amide bonds. The van der Waals surface area contributed by atoms with Crippen molar-refractivity contribution in [1.82, 2.24) is 5.32 Å². The summed E-state index contributed by atoms with van der Waals surface area (Å²) in [6, 6.07) is 9.61. The fourth-order valence-corrected chi connectivity index (χ4v) is 4.30. The van der Waals surface area contributed by atoms with Gasteiger partial charge in [-0.05, 0) is 18.5 Å². The second-order valence-corrected chi connectivity index (χ2v) is 7.28. The Kier molecular flexibility index (Phi) is 5.35. The number of rotatable bonds is 6. The molecule has 1 N–H and O–H groups in total. The van der Waals surface area contributed by atoms with Gasteiger partial charge in [-0.25, -0.2) is 8.42 Å². The molecule has 0 aliphatic carbocycles. The number of benzene rings is 1. The van der Waals surface area contributed by atoms with Crippen LogP contribution in [0.4, 0.5) is 0 Å². The van der Waals surface area contributed by atoms with Crippen LogP contribution >= 0.6 is 0 Å². The van der Waals surface area contributed by atoms with Gasteiger partial charge in [0.05, 0.1) is 5.25 Å². The average Bonchev–Trinajstić information content (AvgIpc) is 2.36. The van der Waals surface area contributed by atoms with Crippen LogP contribution in [-0.2, 0) is 9.84 Å². The summed E-state index contributed by atoms with van der Waals surface area (Å²) >= 11 is 0. The van der Waals surface area contributed by atoms with E-state index in [2.05, 4.69) is 5.32 Å². The Bertz CT molecular complexity index is 454. The van der Waals surface area contributed by atoms with Crippen LogP contribution in [-0.4, -0.2) is 26.5 Å². The largest absolute Gasteiger partial charge is 0.312 e. The summed E-state index contributed by atoms with van der Waals surface area (Å²) < 4.78 is 24.5. The highest BCUT2D eigenvalue weighted by atomic mass is 32.2. The van der Waals surface area contributed by atoms with Crippen molar-refractivity contribution in [2.45, 2.75) is 32.1 Å². The minimum absolute atomic E-state index is 0.0765. The van der Waals surface area contributed by atoms with Gasteiger partial charge in [0.1, 0.15) is 0 Å². The van der Waals surface area contributed by atoms with Crippen LogP contribution < -0.4 is 5.32 Å². The summed E-state index contributed by atoms with van der Waals surface area (Å²) in [5, 5.41) is 2.77. The first-order valence-corrected chi connectivity index (χ1v) is 8.09.